The number of carbonyl (C=O) groups excluding carboxylic acids is 1. The van der Waals surface area contributed by atoms with Gasteiger partial charge < -0.3 is 0 Å². The van der Waals surface area contributed by atoms with E-state index in [4.69, 9.17) is 5.73 Å². The molecule has 0 aromatic heterocycles. The Morgan fingerprint density at radius 2 is 2.62 bits per heavy atom. The predicted octanol–water partition coefficient (Wildman–Crippen LogP) is -4.26. The molecule has 0 rings (SSSR count). The number of hydrogen-bond donors (Lipinski definition) is 2. The van der Waals surface area contributed by atoms with Crippen molar-refractivity contribution >= 4 is 6.29 Å². The van der Waals surface area contributed by atoms with Gasteiger partial charge in [-0.15, -0.1) is 0 Å². The number of aldehydes is 1. The zero-order valence-electron chi connectivity index (χ0n) is 4.73. The first-order valence-electron chi connectivity index (χ1n) is 2.24. The molecule has 0 aliphatic rings. The Morgan fingerprint density at radius 1 is 2.00 bits per heavy atom. The summed E-state index contributed by atoms with van der Waals surface area (Å²) in [5.41, 5.74) is 5.19. The van der Waals surface area contributed by atoms with Crippen LogP contribution in [0.15, 0.2) is 0 Å². The van der Waals surface area contributed by atoms with Crippen molar-refractivity contribution in [2.75, 3.05) is 11.5 Å². The van der Waals surface area contributed by atoms with Gasteiger partial charge in [0.1, 0.15) is 0 Å². The Morgan fingerprint density at radius 3 is 2.75 bits per heavy atom. The Hall–Kier alpha value is 0.320. The fraction of sp³-hybridized carbons (Fsp3) is 0.750. The van der Waals surface area contributed by atoms with Crippen LogP contribution in [-0.2, 0) is 4.79 Å². The molecule has 0 radical (unpaired) electrons. The van der Waals surface area contributed by atoms with E-state index in [9.17, 15) is 4.79 Å². The van der Waals surface area contributed by atoms with Gasteiger partial charge in [0.05, 0.1) is 0 Å². The van der Waals surface area contributed by atoms with E-state index in [2.05, 4.69) is 3.53 Å². The van der Waals surface area contributed by atoms with Gasteiger partial charge in [-0.3, -0.25) is 0 Å². The molecule has 0 fully saturated rings. The maximum absolute atomic E-state index is 10.0. The van der Waals surface area contributed by atoms with Crippen LogP contribution >= 0.6 is 0 Å². The molecule has 8 heavy (non-hydrogen) atoms. The van der Waals surface area contributed by atoms with Gasteiger partial charge in [-0.25, -0.2) is 0 Å². The van der Waals surface area contributed by atoms with Crippen molar-refractivity contribution in [1.29, 1.82) is 0 Å². The summed E-state index contributed by atoms with van der Waals surface area (Å²) in [4.78, 5) is 12.0. The normalized spacial score (nSPS) is 13.8. The molecule has 0 aromatic rings. The van der Waals surface area contributed by atoms with Crippen LogP contribution in [0, 0.1) is 0 Å². The molecule has 0 aliphatic carbocycles. The second kappa shape index (κ2) is 5.46. The molecule has 0 saturated carbocycles. The van der Waals surface area contributed by atoms with Crippen LogP contribution in [0.5, 0.6) is 0 Å². The summed E-state index contributed by atoms with van der Waals surface area (Å²) in [6.45, 7) is 0.414. The van der Waals surface area contributed by atoms with Gasteiger partial charge in [0.25, 0.3) is 0 Å². The minimum atomic E-state index is -0.104. The molecular weight excluding hydrogens is 219 g/mol. The summed E-state index contributed by atoms with van der Waals surface area (Å²) in [6, 6.07) is -0.104. The van der Waals surface area contributed by atoms with Crippen LogP contribution in [-0.4, -0.2) is 23.8 Å². The summed E-state index contributed by atoms with van der Waals surface area (Å²) in [5, 5.41) is 0. The van der Waals surface area contributed by atoms with E-state index < -0.39 is 0 Å². The van der Waals surface area contributed by atoms with E-state index in [0.717, 1.165) is 6.29 Å². The molecule has 0 bridgehead atoms. The average Bonchev–Trinajstić information content (AvgIpc) is 1.83. The Kier molecular flexibility index (Phi) is 5.67. The topological polar surface area (TPSA) is 55.1 Å². The molecule has 3 nitrogen and oxygen atoms in total. The first-order chi connectivity index (χ1) is 3.85. The van der Waals surface area contributed by atoms with E-state index in [1.54, 1.807) is 0 Å². The number of alkyl halides is 1. The summed E-state index contributed by atoms with van der Waals surface area (Å²) in [5.74, 6) is 0. The Balaban J connectivity index is 3.21. The van der Waals surface area contributed by atoms with E-state index >= 15 is 0 Å². The van der Waals surface area contributed by atoms with Crippen LogP contribution in [0.4, 0.5) is 0 Å². The van der Waals surface area contributed by atoms with Crippen LogP contribution in [0.25, 0.3) is 0 Å². The van der Waals surface area contributed by atoms with Gasteiger partial charge in [-0.05, 0) is 0 Å². The summed E-state index contributed by atoms with van der Waals surface area (Å²) in [7, 11) is 0. The zero-order chi connectivity index (χ0) is 6.41. The standard InChI is InChI=1S/C4H10IN2O/c1-5-7-4(2-6)3-8/h3-4,7H,2,6H2,1H3/q-1. The monoisotopic (exact) mass is 229 g/mol. The molecule has 1 unspecified atom stereocenters. The molecule has 0 heterocycles. The van der Waals surface area contributed by atoms with Gasteiger partial charge in [-0.2, -0.15) is 0 Å². The second-order valence-electron chi connectivity index (χ2n) is 1.28. The van der Waals surface area contributed by atoms with E-state index in [1.165, 1.54) is 0 Å². The van der Waals surface area contributed by atoms with E-state index in [0.29, 0.717) is 6.54 Å². The number of halogens is 1. The number of nitrogens with two attached hydrogens (primary N) is 1. The van der Waals surface area contributed by atoms with Crippen molar-refractivity contribution in [2.45, 2.75) is 6.04 Å². The molecule has 50 valence electrons. The molecule has 0 spiro atoms. The molecular formula is C4H10IN2O-. The van der Waals surface area contributed by atoms with Crippen molar-refractivity contribution < 1.29 is 26.3 Å². The van der Waals surface area contributed by atoms with Gasteiger partial charge >= 0.3 is 59.3 Å². The number of rotatable bonds is 4. The minimum absolute atomic E-state index is 0.00682. The Bertz CT molecular complexity index is 69.1. The molecule has 0 saturated heterocycles. The molecule has 3 N–H and O–H groups in total. The third kappa shape index (κ3) is 3.34. The van der Waals surface area contributed by atoms with Gasteiger partial charge in [0, 0.05) is 0 Å². The summed E-state index contributed by atoms with van der Waals surface area (Å²) >= 11 is -0.00682. The summed E-state index contributed by atoms with van der Waals surface area (Å²) < 4.78 is 3.00. The average molecular weight is 229 g/mol. The number of nitrogens with one attached hydrogen (secondary N) is 1. The van der Waals surface area contributed by atoms with E-state index in [-0.39, 0.29) is 27.5 Å². The molecule has 0 amide bonds. The molecule has 1 atom stereocenters. The van der Waals surface area contributed by atoms with Crippen molar-refractivity contribution in [3.8, 4) is 0 Å². The quantitative estimate of drug-likeness (QED) is 0.222. The van der Waals surface area contributed by atoms with Crippen LogP contribution in [0.2, 0.25) is 0 Å². The third-order valence-electron chi connectivity index (χ3n) is 0.667. The molecule has 0 aromatic carbocycles. The van der Waals surface area contributed by atoms with Crippen molar-refractivity contribution in [3.05, 3.63) is 0 Å². The predicted molar refractivity (Wildman–Crippen MR) is 28.0 cm³/mol. The number of hydrogen-bond acceptors (Lipinski definition) is 3. The van der Waals surface area contributed by atoms with Crippen molar-refractivity contribution in [2.24, 2.45) is 5.73 Å². The SMILES string of the molecule is C[I-]NC(C=O)CN. The second-order valence-corrected chi connectivity index (χ2v) is 2.98. The van der Waals surface area contributed by atoms with Crippen molar-refractivity contribution in [3.63, 3.8) is 0 Å². The van der Waals surface area contributed by atoms with Crippen LogP contribution in [0.1, 0.15) is 0 Å². The first kappa shape index (κ1) is 8.32. The third-order valence-corrected chi connectivity index (χ3v) is 2.09. The molecule has 4 heteroatoms. The van der Waals surface area contributed by atoms with Crippen LogP contribution in [0.3, 0.4) is 0 Å². The maximum atomic E-state index is 10.0. The summed E-state index contributed by atoms with van der Waals surface area (Å²) in [6.07, 6.45) is 0.850. The first-order valence-corrected chi connectivity index (χ1v) is 5.48. The van der Waals surface area contributed by atoms with E-state index in [1.807, 2.05) is 4.93 Å². The fourth-order valence-corrected chi connectivity index (χ4v) is 1.47. The zero-order valence-corrected chi connectivity index (χ0v) is 6.88. The molecule has 0 aliphatic heterocycles. The van der Waals surface area contributed by atoms with Gasteiger partial charge in [0.15, 0.2) is 0 Å². The fourth-order valence-electron chi connectivity index (χ4n) is 0.266. The number of carbonyl (C=O) groups is 1. The van der Waals surface area contributed by atoms with Crippen LogP contribution < -0.4 is 30.7 Å². The Labute approximate surface area is 59.6 Å². The van der Waals surface area contributed by atoms with Gasteiger partial charge in [0.2, 0.25) is 0 Å². The van der Waals surface area contributed by atoms with Gasteiger partial charge in [-0.1, -0.05) is 0 Å². The van der Waals surface area contributed by atoms with Crippen molar-refractivity contribution in [1.82, 2.24) is 3.53 Å².